The Kier molecular flexibility index (Phi) is 3.78. The zero-order valence-corrected chi connectivity index (χ0v) is 11.8. The Morgan fingerprint density at radius 1 is 1.00 bits per heavy atom. The fourth-order valence-electron chi connectivity index (χ4n) is 2.06. The molecule has 0 amide bonds. The van der Waals surface area contributed by atoms with Gasteiger partial charge in [0.2, 0.25) is 0 Å². The van der Waals surface area contributed by atoms with Gasteiger partial charge in [-0.3, -0.25) is 5.43 Å². The molecule has 3 nitrogen and oxygen atoms in total. The van der Waals surface area contributed by atoms with Gasteiger partial charge in [0.1, 0.15) is 5.82 Å². The number of rotatable bonds is 3. The quantitative estimate of drug-likeness (QED) is 0.576. The molecule has 0 aliphatic rings. The second-order valence-corrected chi connectivity index (χ2v) is 4.83. The SMILES string of the molecule is C/C(=N\Nc1ccc2ccccc2n1)c1ccc(F)c(F)c1. The maximum Gasteiger partial charge on any atom is 0.159 e. The van der Waals surface area contributed by atoms with Crippen LogP contribution in [0.4, 0.5) is 14.6 Å². The van der Waals surface area contributed by atoms with Gasteiger partial charge in [-0.25, -0.2) is 13.8 Å². The van der Waals surface area contributed by atoms with Gasteiger partial charge in [0.05, 0.1) is 11.2 Å². The fraction of sp³-hybridized carbons (Fsp3) is 0.0588. The maximum atomic E-state index is 13.2. The minimum atomic E-state index is -0.893. The van der Waals surface area contributed by atoms with Crippen molar-refractivity contribution in [3.8, 4) is 0 Å². The number of nitrogens with one attached hydrogen (secondary N) is 1. The second kappa shape index (κ2) is 5.89. The van der Waals surface area contributed by atoms with Gasteiger partial charge in [-0.15, -0.1) is 0 Å². The van der Waals surface area contributed by atoms with Gasteiger partial charge in [0.15, 0.2) is 11.6 Å². The second-order valence-electron chi connectivity index (χ2n) is 4.83. The summed E-state index contributed by atoms with van der Waals surface area (Å²) in [6.07, 6.45) is 0. The minimum Gasteiger partial charge on any atom is -0.261 e. The normalized spacial score (nSPS) is 11.7. The van der Waals surface area contributed by atoms with Crippen LogP contribution < -0.4 is 5.43 Å². The molecule has 0 aliphatic heterocycles. The molecule has 2 aromatic carbocycles. The molecule has 5 heteroatoms. The Hall–Kier alpha value is -2.82. The highest BCUT2D eigenvalue weighted by atomic mass is 19.2. The summed E-state index contributed by atoms with van der Waals surface area (Å²) in [6, 6.07) is 15.2. The van der Waals surface area contributed by atoms with Crippen molar-refractivity contribution in [1.29, 1.82) is 0 Å². The van der Waals surface area contributed by atoms with Crippen molar-refractivity contribution < 1.29 is 8.78 Å². The highest BCUT2D eigenvalue weighted by Crippen LogP contribution is 2.15. The third-order valence-corrected chi connectivity index (χ3v) is 3.27. The zero-order valence-electron chi connectivity index (χ0n) is 11.8. The third kappa shape index (κ3) is 2.93. The van der Waals surface area contributed by atoms with Crippen molar-refractivity contribution >= 4 is 22.4 Å². The Bertz CT molecular complexity index is 859. The van der Waals surface area contributed by atoms with Gasteiger partial charge in [-0.2, -0.15) is 5.10 Å². The van der Waals surface area contributed by atoms with E-state index in [1.54, 1.807) is 6.92 Å². The topological polar surface area (TPSA) is 37.3 Å². The van der Waals surface area contributed by atoms with Gasteiger partial charge in [0.25, 0.3) is 0 Å². The van der Waals surface area contributed by atoms with Gasteiger partial charge in [0, 0.05) is 10.9 Å². The van der Waals surface area contributed by atoms with E-state index in [1.165, 1.54) is 6.07 Å². The van der Waals surface area contributed by atoms with Gasteiger partial charge in [-0.05, 0) is 43.3 Å². The number of pyridine rings is 1. The van der Waals surface area contributed by atoms with E-state index in [0.717, 1.165) is 23.0 Å². The summed E-state index contributed by atoms with van der Waals surface area (Å²) in [5.41, 5.74) is 4.73. The average molecular weight is 297 g/mol. The monoisotopic (exact) mass is 297 g/mol. The number of hydrogen-bond acceptors (Lipinski definition) is 3. The predicted molar refractivity (Wildman–Crippen MR) is 83.9 cm³/mol. The first-order chi connectivity index (χ1) is 10.6. The van der Waals surface area contributed by atoms with E-state index in [1.807, 2.05) is 36.4 Å². The average Bonchev–Trinajstić information content (AvgIpc) is 2.55. The van der Waals surface area contributed by atoms with Crippen molar-refractivity contribution in [2.75, 3.05) is 5.43 Å². The van der Waals surface area contributed by atoms with Crippen molar-refractivity contribution in [3.05, 3.63) is 71.8 Å². The van der Waals surface area contributed by atoms with Crippen LogP contribution in [-0.4, -0.2) is 10.7 Å². The standard InChI is InChI=1S/C17H13F2N3/c1-11(13-6-8-14(18)15(19)10-13)21-22-17-9-7-12-4-2-3-5-16(12)20-17/h2-10H,1H3,(H,20,22)/b21-11+. The molecule has 3 aromatic rings. The lowest BCUT2D eigenvalue weighted by Crippen LogP contribution is -2.02. The molecule has 110 valence electrons. The predicted octanol–water partition coefficient (Wildman–Crippen LogP) is 4.35. The molecule has 0 saturated carbocycles. The van der Waals surface area contributed by atoms with Crippen LogP contribution in [-0.2, 0) is 0 Å². The van der Waals surface area contributed by atoms with Crippen LogP contribution in [0.3, 0.4) is 0 Å². The summed E-state index contributed by atoms with van der Waals surface area (Å²) in [5.74, 6) is -1.18. The minimum absolute atomic E-state index is 0.507. The van der Waals surface area contributed by atoms with Crippen LogP contribution in [0.2, 0.25) is 0 Å². The summed E-state index contributed by atoms with van der Waals surface area (Å²) in [4.78, 5) is 4.42. The Balaban J connectivity index is 1.83. The van der Waals surface area contributed by atoms with E-state index >= 15 is 0 Å². The summed E-state index contributed by atoms with van der Waals surface area (Å²) < 4.78 is 26.1. The van der Waals surface area contributed by atoms with E-state index in [-0.39, 0.29) is 0 Å². The number of aromatic nitrogens is 1. The zero-order chi connectivity index (χ0) is 15.5. The number of anilines is 1. The van der Waals surface area contributed by atoms with E-state index in [4.69, 9.17) is 0 Å². The van der Waals surface area contributed by atoms with Crippen LogP contribution in [0.15, 0.2) is 59.7 Å². The number of nitrogens with zero attached hydrogens (tertiary/aromatic N) is 2. The van der Waals surface area contributed by atoms with Gasteiger partial charge >= 0.3 is 0 Å². The molecular weight excluding hydrogens is 284 g/mol. The third-order valence-electron chi connectivity index (χ3n) is 3.27. The highest BCUT2D eigenvalue weighted by molar-refractivity contribution is 5.99. The number of hydrogen-bond donors (Lipinski definition) is 1. The largest absolute Gasteiger partial charge is 0.261 e. The smallest absolute Gasteiger partial charge is 0.159 e. The van der Waals surface area contributed by atoms with Crippen LogP contribution in [0.5, 0.6) is 0 Å². The number of fused-ring (bicyclic) bond motifs is 1. The van der Waals surface area contributed by atoms with E-state index in [0.29, 0.717) is 17.1 Å². The van der Waals surface area contributed by atoms with Gasteiger partial charge < -0.3 is 0 Å². The number of halogens is 2. The first-order valence-corrected chi connectivity index (χ1v) is 6.75. The lowest BCUT2D eigenvalue weighted by molar-refractivity contribution is 0.508. The lowest BCUT2D eigenvalue weighted by atomic mass is 10.1. The van der Waals surface area contributed by atoms with Crippen molar-refractivity contribution in [2.24, 2.45) is 5.10 Å². The molecule has 0 aliphatic carbocycles. The molecule has 1 N–H and O–H groups in total. The summed E-state index contributed by atoms with van der Waals surface area (Å²) >= 11 is 0. The molecule has 22 heavy (non-hydrogen) atoms. The van der Waals surface area contributed by atoms with Crippen LogP contribution >= 0.6 is 0 Å². The molecule has 0 bridgehead atoms. The molecule has 3 rings (SSSR count). The maximum absolute atomic E-state index is 13.2. The molecule has 0 radical (unpaired) electrons. The van der Waals surface area contributed by atoms with E-state index in [2.05, 4.69) is 15.5 Å². The molecule has 0 spiro atoms. The lowest BCUT2D eigenvalue weighted by Gasteiger charge is -2.05. The Morgan fingerprint density at radius 2 is 1.82 bits per heavy atom. The molecule has 0 atom stereocenters. The molecule has 0 saturated heterocycles. The van der Waals surface area contributed by atoms with E-state index < -0.39 is 11.6 Å². The molecule has 0 unspecified atom stereocenters. The summed E-state index contributed by atoms with van der Waals surface area (Å²) in [6.45, 7) is 1.71. The Morgan fingerprint density at radius 3 is 2.64 bits per heavy atom. The highest BCUT2D eigenvalue weighted by Gasteiger charge is 2.05. The molecular formula is C17H13F2N3. The van der Waals surface area contributed by atoms with Gasteiger partial charge in [-0.1, -0.05) is 18.2 Å². The first kappa shape index (κ1) is 14.1. The molecule has 1 heterocycles. The first-order valence-electron chi connectivity index (χ1n) is 6.75. The van der Waals surface area contributed by atoms with Crippen molar-refractivity contribution in [3.63, 3.8) is 0 Å². The number of benzene rings is 2. The van der Waals surface area contributed by atoms with E-state index in [9.17, 15) is 8.78 Å². The Labute approximate surface area is 126 Å². The number of hydrazone groups is 1. The van der Waals surface area contributed by atoms with Crippen molar-refractivity contribution in [1.82, 2.24) is 4.98 Å². The van der Waals surface area contributed by atoms with Crippen LogP contribution in [0.1, 0.15) is 12.5 Å². The van der Waals surface area contributed by atoms with Crippen LogP contribution in [0.25, 0.3) is 10.9 Å². The number of para-hydroxylation sites is 1. The molecule has 1 aromatic heterocycles. The van der Waals surface area contributed by atoms with Crippen LogP contribution in [0, 0.1) is 11.6 Å². The molecule has 0 fully saturated rings. The van der Waals surface area contributed by atoms with Crippen molar-refractivity contribution in [2.45, 2.75) is 6.92 Å². The summed E-state index contributed by atoms with van der Waals surface area (Å²) in [7, 11) is 0. The fourth-order valence-corrected chi connectivity index (χ4v) is 2.06. The summed E-state index contributed by atoms with van der Waals surface area (Å²) in [5, 5.41) is 5.19.